The zero-order valence-corrected chi connectivity index (χ0v) is 7.81. The number of hydrogen-bond donors (Lipinski definition) is 2. The van der Waals surface area contributed by atoms with Crippen LogP contribution in [-0.2, 0) is 0 Å². The molecule has 0 aromatic heterocycles. The van der Waals surface area contributed by atoms with Gasteiger partial charge in [0.15, 0.2) is 0 Å². The van der Waals surface area contributed by atoms with Gasteiger partial charge in [0.1, 0.15) is 0 Å². The van der Waals surface area contributed by atoms with Crippen molar-refractivity contribution < 1.29 is 0 Å². The minimum Gasteiger partial charge on any atom is -0.315 e. The molecule has 2 N–H and O–H groups in total. The van der Waals surface area contributed by atoms with Crippen LogP contribution in [0.1, 0.15) is 32.1 Å². The Bertz CT molecular complexity index is 126. The first-order chi connectivity index (χ1) is 5.95. The molecule has 1 aliphatic heterocycles. The summed E-state index contributed by atoms with van der Waals surface area (Å²) in [5, 5.41) is 7.07. The third-order valence-electron chi connectivity index (χ3n) is 3.21. The molecule has 2 aliphatic rings. The molecule has 2 nitrogen and oxygen atoms in total. The van der Waals surface area contributed by atoms with Crippen LogP contribution in [0.15, 0.2) is 0 Å². The predicted molar refractivity (Wildman–Crippen MR) is 51.2 cm³/mol. The Morgan fingerprint density at radius 1 is 1.08 bits per heavy atom. The van der Waals surface area contributed by atoms with Crippen LogP contribution in [0.5, 0.6) is 0 Å². The molecule has 0 amide bonds. The molecule has 2 fully saturated rings. The lowest BCUT2D eigenvalue weighted by Crippen LogP contribution is -2.37. The predicted octanol–water partition coefficient (Wildman–Crippen LogP) is 1.13. The summed E-state index contributed by atoms with van der Waals surface area (Å²) in [5.41, 5.74) is 0. The fourth-order valence-electron chi connectivity index (χ4n) is 2.09. The fourth-order valence-corrected chi connectivity index (χ4v) is 2.09. The van der Waals surface area contributed by atoms with Gasteiger partial charge in [-0.15, -0.1) is 0 Å². The van der Waals surface area contributed by atoms with Crippen LogP contribution < -0.4 is 10.6 Å². The van der Waals surface area contributed by atoms with E-state index in [1.54, 1.807) is 0 Å². The largest absolute Gasteiger partial charge is 0.315 e. The first kappa shape index (κ1) is 8.52. The van der Waals surface area contributed by atoms with E-state index in [1.807, 2.05) is 0 Å². The summed E-state index contributed by atoms with van der Waals surface area (Å²) in [5.74, 6) is 1.01. The van der Waals surface area contributed by atoms with Gasteiger partial charge < -0.3 is 10.6 Å². The molecular formula is C10H20N2. The Labute approximate surface area is 75.1 Å². The summed E-state index contributed by atoms with van der Waals surface area (Å²) in [6.45, 7) is 3.68. The van der Waals surface area contributed by atoms with Crippen molar-refractivity contribution in [3.05, 3.63) is 0 Å². The highest BCUT2D eigenvalue weighted by atomic mass is 15.0. The van der Waals surface area contributed by atoms with E-state index in [1.165, 1.54) is 51.7 Å². The molecule has 1 atom stereocenters. The van der Waals surface area contributed by atoms with Crippen molar-refractivity contribution in [2.45, 2.75) is 38.1 Å². The third kappa shape index (κ3) is 2.20. The average Bonchev–Trinajstić information content (AvgIpc) is 2.46. The summed E-state index contributed by atoms with van der Waals surface area (Å²) in [4.78, 5) is 0. The van der Waals surface area contributed by atoms with Gasteiger partial charge in [0.25, 0.3) is 0 Å². The SMILES string of the molecule is C1CC(CNCC2CCCN2)C1. The number of rotatable bonds is 4. The van der Waals surface area contributed by atoms with Crippen LogP contribution in [0.25, 0.3) is 0 Å². The summed E-state index contributed by atoms with van der Waals surface area (Å²) in [7, 11) is 0. The van der Waals surface area contributed by atoms with E-state index in [0.29, 0.717) is 0 Å². The Morgan fingerprint density at radius 2 is 2.00 bits per heavy atom. The van der Waals surface area contributed by atoms with E-state index < -0.39 is 0 Å². The first-order valence-electron chi connectivity index (χ1n) is 5.39. The zero-order valence-electron chi connectivity index (χ0n) is 7.81. The van der Waals surface area contributed by atoms with E-state index in [2.05, 4.69) is 10.6 Å². The van der Waals surface area contributed by atoms with E-state index in [4.69, 9.17) is 0 Å². The lowest BCUT2D eigenvalue weighted by atomic mass is 9.85. The maximum absolute atomic E-state index is 3.57. The maximum atomic E-state index is 3.57. The second-order valence-electron chi connectivity index (χ2n) is 4.25. The fraction of sp³-hybridized carbons (Fsp3) is 1.00. The quantitative estimate of drug-likeness (QED) is 0.657. The highest BCUT2D eigenvalue weighted by Gasteiger charge is 2.18. The van der Waals surface area contributed by atoms with Gasteiger partial charge in [-0.2, -0.15) is 0 Å². The van der Waals surface area contributed by atoms with Gasteiger partial charge in [-0.25, -0.2) is 0 Å². The van der Waals surface area contributed by atoms with Crippen LogP contribution in [-0.4, -0.2) is 25.7 Å². The molecule has 2 rings (SSSR count). The van der Waals surface area contributed by atoms with Crippen molar-refractivity contribution >= 4 is 0 Å². The van der Waals surface area contributed by atoms with Crippen LogP contribution in [0.2, 0.25) is 0 Å². The normalized spacial score (nSPS) is 30.5. The summed E-state index contributed by atoms with van der Waals surface area (Å²) in [6, 6.07) is 0.769. The van der Waals surface area contributed by atoms with Gasteiger partial charge in [0.2, 0.25) is 0 Å². The van der Waals surface area contributed by atoms with Crippen molar-refractivity contribution in [3.63, 3.8) is 0 Å². The highest BCUT2D eigenvalue weighted by molar-refractivity contribution is 4.78. The molecule has 0 radical (unpaired) electrons. The Hall–Kier alpha value is -0.0800. The van der Waals surface area contributed by atoms with E-state index in [9.17, 15) is 0 Å². The van der Waals surface area contributed by atoms with Crippen LogP contribution in [0, 0.1) is 5.92 Å². The number of nitrogens with one attached hydrogen (secondary N) is 2. The lowest BCUT2D eigenvalue weighted by Gasteiger charge is -2.26. The molecule has 1 saturated carbocycles. The van der Waals surface area contributed by atoms with E-state index >= 15 is 0 Å². The smallest absolute Gasteiger partial charge is 0.0192 e. The van der Waals surface area contributed by atoms with Gasteiger partial charge in [-0.05, 0) is 44.7 Å². The van der Waals surface area contributed by atoms with Crippen molar-refractivity contribution in [2.75, 3.05) is 19.6 Å². The Balaban J connectivity index is 1.49. The molecule has 0 aromatic carbocycles. The molecule has 0 spiro atoms. The highest BCUT2D eigenvalue weighted by Crippen LogP contribution is 2.25. The summed E-state index contributed by atoms with van der Waals surface area (Å²) in [6.07, 6.45) is 7.14. The molecule has 1 heterocycles. The van der Waals surface area contributed by atoms with Crippen LogP contribution in [0.3, 0.4) is 0 Å². The molecule has 1 unspecified atom stereocenters. The minimum atomic E-state index is 0.769. The van der Waals surface area contributed by atoms with E-state index in [0.717, 1.165) is 12.0 Å². The van der Waals surface area contributed by atoms with Gasteiger partial charge in [0, 0.05) is 12.6 Å². The first-order valence-corrected chi connectivity index (χ1v) is 5.39. The van der Waals surface area contributed by atoms with Crippen LogP contribution in [0.4, 0.5) is 0 Å². The Kier molecular flexibility index (Phi) is 3.01. The monoisotopic (exact) mass is 168 g/mol. The molecule has 1 aliphatic carbocycles. The summed E-state index contributed by atoms with van der Waals surface area (Å²) >= 11 is 0. The molecular weight excluding hydrogens is 148 g/mol. The van der Waals surface area contributed by atoms with Gasteiger partial charge in [-0.3, -0.25) is 0 Å². The maximum Gasteiger partial charge on any atom is 0.0192 e. The van der Waals surface area contributed by atoms with Gasteiger partial charge in [0.05, 0.1) is 0 Å². The van der Waals surface area contributed by atoms with E-state index in [-0.39, 0.29) is 0 Å². The molecule has 70 valence electrons. The van der Waals surface area contributed by atoms with Gasteiger partial charge in [-0.1, -0.05) is 6.42 Å². The zero-order chi connectivity index (χ0) is 8.23. The second kappa shape index (κ2) is 4.24. The standard InChI is InChI=1S/C10H20N2/c1-3-9(4-1)7-11-8-10-5-2-6-12-10/h9-12H,1-8H2. The van der Waals surface area contributed by atoms with Gasteiger partial charge >= 0.3 is 0 Å². The number of hydrogen-bond acceptors (Lipinski definition) is 2. The minimum absolute atomic E-state index is 0.769. The van der Waals surface area contributed by atoms with Crippen LogP contribution >= 0.6 is 0 Å². The van der Waals surface area contributed by atoms with Crippen molar-refractivity contribution in [3.8, 4) is 0 Å². The molecule has 0 aromatic rings. The average molecular weight is 168 g/mol. The van der Waals surface area contributed by atoms with Crippen molar-refractivity contribution in [2.24, 2.45) is 5.92 Å². The molecule has 0 bridgehead atoms. The second-order valence-corrected chi connectivity index (χ2v) is 4.25. The van der Waals surface area contributed by atoms with Crippen molar-refractivity contribution in [1.29, 1.82) is 0 Å². The summed E-state index contributed by atoms with van der Waals surface area (Å²) < 4.78 is 0. The lowest BCUT2D eigenvalue weighted by molar-refractivity contribution is 0.298. The topological polar surface area (TPSA) is 24.1 Å². The van der Waals surface area contributed by atoms with Crippen molar-refractivity contribution in [1.82, 2.24) is 10.6 Å². The third-order valence-corrected chi connectivity index (χ3v) is 3.21. The molecule has 1 saturated heterocycles. The molecule has 12 heavy (non-hydrogen) atoms. The Morgan fingerprint density at radius 3 is 2.58 bits per heavy atom. The molecule has 2 heteroatoms.